The third kappa shape index (κ3) is 13.5. The lowest BCUT2D eigenvalue weighted by molar-refractivity contribution is 0.507. The second kappa shape index (κ2) is 11.6. The highest BCUT2D eigenvalue weighted by molar-refractivity contribution is 4.67. The average Bonchev–Trinajstić information content (AvgIpc) is 2.20. The lowest BCUT2D eigenvalue weighted by Crippen LogP contribution is -1.87. The molecule has 1 nitrogen and oxygen atoms in total. The van der Waals surface area contributed by atoms with Crippen LogP contribution in [0.1, 0.15) is 78.1 Å². The standard InChI is InChI=1S/C14H27N/c1-14(2)12-10-8-6-4-3-5-7-9-11-13-15/h14H,3-12H2,1-2H3. The summed E-state index contributed by atoms with van der Waals surface area (Å²) in [6.45, 7) is 4.60. The summed E-state index contributed by atoms with van der Waals surface area (Å²) in [4.78, 5) is 0. The fourth-order valence-electron chi connectivity index (χ4n) is 1.82. The molecule has 0 spiro atoms. The molecule has 1 heteroatoms. The minimum atomic E-state index is 0.744. The van der Waals surface area contributed by atoms with E-state index >= 15 is 0 Å². The van der Waals surface area contributed by atoms with Crippen LogP contribution in [0.3, 0.4) is 0 Å². The Hall–Kier alpha value is -0.510. The fourth-order valence-corrected chi connectivity index (χ4v) is 1.82. The normalized spacial score (nSPS) is 10.5. The van der Waals surface area contributed by atoms with Gasteiger partial charge in [-0.1, -0.05) is 65.2 Å². The van der Waals surface area contributed by atoms with Crippen LogP contribution in [0.25, 0.3) is 0 Å². The molecule has 0 N–H and O–H groups in total. The van der Waals surface area contributed by atoms with Gasteiger partial charge in [-0.3, -0.25) is 0 Å². The summed E-state index contributed by atoms with van der Waals surface area (Å²) in [6.07, 6.45) is 12.8. The van der Waals surface area contributed by atoms with Crippen molar-refractivity contribution < 1.29 is 0 Å². The van der Waals surface area contributed by atoms with E-state index in [1.54, 1.807) is 0 Å². The zero-order valence-electron chi connectivity index (χ0n) is 10.6. The van der Waals surface area contributed by atoms with Gasteiger partial charge in [-0.2, -0.15) is 5.26 Å². The number of nitriles is 1. The maximum Gasteiger partial charge on any atom is 0.0621 e. The van der Waals surface area contributed by atoms with Crippen molar-refractivity contribution in [2.24, 2.45) is 5.92 Å². The topological polar surface area (TPSA) is 23.8 Å². The Morgan fingerprint density at radius 3 is 1.73 bits per heavy atom. The molecule has 15 heavy (non-hydrogen) atoms. The molecule has 0 rings (SSSR count). The average molecular weight is 209 g/mol. The van der Waals surface area contributed by atoms with E-state index in [9.17, 15) is 0 Å². The molecule has 88 valence electrons. The van der Waals surface area contributed by atoms with Gasteiger partial charge < -0.3 is 0 Å². The van der Waals surface area contributed by atoms with E-state index in [4.69, 9.17) is 5.26 Å². The zero-order valence-corrected chi connectivity index (χ0v) is 10.6. The van der Waals surface area contributed by atoms with Crippen molar-refractivity contribution in [2.45, 2.75) is 78.1 Å². The van der Waals surface area contributed by atoms with Gasteiger partial charge in [0.25, 0.3) is 0 Å². The second-order valence-electron chi connectivity index (χ2n) is 4.92. The Labute approximate surface area is 95.9 Å². The van der Waals surface area contributed by atoms with Gasteiger partial charge in [0.1, 0.15) is 0 Å². The number of hydrogen-bond acceptors (Lipinski definition) is 1. The second-order valence-corrected chi connectivity index (χ2v) is 4.92. The van der Waals surface area contributed by atoms with E-state index in [0.29, 0.717) is 0 Å². The highest BCUT2D eigenvalue weighted by Crippen LogP contribution is 2.12. The fraction of sp³-hybridized carbons (Fsp3) is 0.929. The quantitative estimate of drug-likeness (QED) is 0.461. The third-order valence-corrected chi connectivity index (χ3v) is 2.82. The van der Waals surface area contributed by atoms with Gasteiger partial charge in [0.15, 0.2) is 0 Å². The molecule has 0 aromatic carbocycles. The molecule has 0 saturated heterocycles. The first-order valence-corrected chi connectivity index (χ1v) is 6.64. The zero-order chi connectivity index (χ0) is 11.4. The molecule has 0 aromatic rings. The summed E-state index contributed by atoms with van der Waals surface area (Å²) in [5, 5.41) is 8.36. The van der Waals surface area contributed by atoms with E-state index in [1.165, 1.54) is 51.4 Å². The molecule has 0 bridgehead atoms. The smallest absolute Gasteiger partial charge is 0.0621 e. The summed E-state index contributed by atoms with van der Waals surface area (Å²) in [6, 6.07) is 2.20. The van der Waals surface area contributed by atoms with Crippen molar-refractivity contribution in [1.82, 2.24) is 0 Å². The molecule has 0 atom stereocenters. The molecule has 0 saturated carbocycles. The largest absolute Gasteiger partial charge is 0.198 e. The molecule has 0 amide bonds. The van der Waals surface area contributed by atoms with Crippen LogP contribution in [0.5, 0.6) is 0 Å². The van der Waals surface area contributed by atoms with Crippen molar-refractivity contribution in [3.8, 4) is 6.07 Å². The molecule has 0 heterocycles. The van der Waals surface area contributed by atoms with E-state index in [0.717, 1.165) is 18.8 Å². The Morgan fingerprint density at radius 1 is 0.800 bits per heavy atom. The van der Waals surface area contributed by atoms with Crippen molar-refractivity contribution >= 4 is 0 Å². The Morgan fingerprint density at radius 2 is 1.27 bits per heavy atom. The van der Waals surface area contributed by atoms with Crippen LogP contribution >= 0.6 is 0 Å². The maximum atomic E-state index is 8.36. The molecule has 0 radical (unpaired) electrons. The van der Waals surface area contributed by atoms with Crippen LogP contribution in [-0.4, -0.2) is 0 Å². The van der Waals surface area contributed by atoms with Crippen LogP contribution in [0.4, 0.5) is 0 Å². The number of unbranched alkanes of at least 4 members (excludes halogenated alkanes) is 8. The maximum absolute atomic E-state index is 8.36. The van der Waals surface area contributed by atoms with E-state index < -0.39 is 0 Å². The monoisotopic (exact) mass is 209 g/mol. The van der Waals surface area contributed by atoms with Gasteiger partial charge in [0, 0.05) is 6.42 Å². The molecule has 0 fully saturated rings. The number of hydrogen-bond donors (Lipinski definition) is 0. The first-order valence-electron chi connectivity index (χ1n) is 6.64. The van der Waals surface area contributed by atoms with Crippen LogP contribution in [0.2, 0.25) is 0 Å². The van der Waals surface area contributed by atoms with E-state index in [2.05, 4.69) is 19.9 Å². The molecule has 0 aliphatic heterocycles. The van der Waals surface area contributed by atoms with Gasteiger partial charge in [-0.15, -0.1) is 0 Å². The van der Waals surface area contributed by atoms with Crippen molar-refractivity contribution in [3.05, 3.63) is 0 Å². The van der Waals surface area contributed by atoms with Gasteiger partial charge >= 0.3 is 0 Å². The molecule has 0 aliphatic rings. The minimum absolute atomic E-state index is 0.744. The Kier molecular flexibility index (Phi) is 11.2. The summed E-state index contributed by atoms with van der Waals surface area (Å²) in [7, 11) is 0. The lowest BCUT2D eigenvalue weighted by Gasteiger charge is -2.04. The highest BCUT2D eigenvalue weighted by atomic mass is 14.2. The number of nitrogens with zero attached hydrogens (tertiary/aromatic N) is 1. The summed E-state index contributed by atoms with van der Waals surface area (Å²) in [5.41, 5.74) is 0. The summed E-state index contributed by atoms with van der Waals surface area (Å²) in [5.74, 6) is 0.871. The minimum Gasteiger partial charge on any atom is -0.198 e. The summed E-state index contributed by atoms with van der Waals surface area (Å²) < 4.78 is 0. The van der Waals surface area contributed by atoms with Crippen LogP contribution in [0.15, 0.2) is 0 Å². The van der Waals surface area contributed by atoms with Crippen molar-refractivity contribution in [3.63, 3.8) is 0 Å². The Balaban J connectivity index is 2.90. The van der Waals surface area contributed by atoms with Gasteiger partial charge in [0.05, 0.1) is 6.07 Å². The van der Waals surface area contributed by atoms with Crippen LogP contribution in [0, 0.1) is 17.2 Å². The molecular weight excluding hydrogens is 182 g/mol. The Bertz CT molecular complexity index is 155. The lowest BCUT2D eigenvalue weighted by atomic mass is 10.0. The predicted molar refractivity (Wildman–Crippen MR) is 66.6 cm³/mol. The van der Waals surface area contributed by atoms with Crippen molar-refractivity contribution in [1.29, 1.82) is 5.26 Å². The van der Waals surface area contributed by atoms with Crippen molar-refractivity contribution in [2.75, 3.05) is 0 Å². The first kappa shape index (κ1) is 14.5. The molecular formula is C14H27N. The van der Waals surface area contributed by atoms with Gasteiger partial charge in [-0.05, 0) is 12.3 Å². The SMILES string of the molecule is CC(C)CCCCCCCCCCC#N. The van der Waals surface area contributed by atoms with Gasteiger partial charge in [-0.25, -0.2) is 0 Å². The summed E-state index contributed by atoms with van der Waals surface area (Å²) >= 11 is 0. The molecule has 0 unspecified atom stereocenters. The third-order valence-electron chi connectivity index (χ3n) is 2.82. The predicted octanol–water partition coefficient (Wildman–Crippen LogP) is 5.07. The first-order chi connectivity index (χ1) is 7.27. The number of rotatable bonds is 10. The van der Waals surface area contributed by atoms with Gasteiger partial charge in [0.2, 0.25) is 0 Å². The van der Waals surface area contributed by atoms with E-state index in [1.807, 2.05) is 0 Å². The highest BCUT2D eigenvalue weighted by Gasteiger charge is 1.94. The van der Waals surface area contributed by atoms with Crippen LogP contribution < -0.4 is 0 Å². The molecule has 0 aliphatic carbocycles. The van der Waals surface area contributed by atoms with Crippen LogP contribution in [-0.2, 0) is 0 Å². The van der Waals surface area contributed by atoms with E-state index in [-0.39, 0.29) is 0 Å². The molecule has 0 aromatic heterocycles.